The molecule has 2 heterocycles. The highest BCUT2D eigenvalue weighted by Gasteiger charge is 2.21. The van der Waals surface area contributed by atoms with Gasteiger partial charge in [0.1, 0.15) is 28.5 Å². The molecule has 136 valence electrons. The molecule has 0 fully saturated rings. The summed E-state index contributed by atoms with van der Waals surface area (Å²) in [5.41, 5.74) is 7.79. The van der Waals surface area contributed by atoms with Crippen molar-refractivity contribution in [3.8, 4) is 23.3 Å². The molecule has 0 saturated heterocycles. The lowest BCUT2D eigenvalue weighted by Gasteiger charge is -2.13. The van der Waals surface area contributed by atoms with Crippen LogP contribution in [0.15, 0.2) is 53.8 Å². The van der Waals surface area contributed by atoms with Gasteiger partial charge in [0.15, 0.2) is 5.78 Å². The van der Waals surface area contributed by atoms with Crippen molar-refractivity contribution in [3.05, 3.63) is 70.5 Å². The zero-order chi connectivity index (χ0) is 20.1. The van der Waals surface area contributed by atoms with Crippen molar-refractivity contribution in [2.45, 2.75) is 5.03 Å². The van der Waals surface area contributed by atoms with Crippen molar-refractivity contribution in [2.24, 2.45) is 0 Å². The lowest BCUT2D eigenvalue weighted by Crippen LogP contribution is -2.06. The predicted molar refractivity (Wildman–Crippen MR) is 108 cm³/mol. The van der Waals surface area contributed by atoms with Crippen molar-refractivity contribution in [1.82, 2.24) is 9.97 Å². The van der Waals surface area contributed by atoms with E-state index < -0.39 is 0 Å². The van der Waals surface area contributed by atoms with E-state index in [1.54, 1.807) is 36.4 Å². The molecule has 3 rings (SSSR count). The number of ketones is 1. The third-order valence-electron chi connectivity index (χ3n) is 3.89. The Balaban J connectivity index is 2.03. The van der Waals surface area contributed by atoms with Crippen molar-refractivity contribution < 1.29 is 4.79 Å². The minimum atomic E-state index is -0.130. The van der Waals surface area contributed by atoms with E-state index in [-0.39, 0.29) is 28.5 Å². The van der Waals surface area contributed by atoms with Crippen LogP contribution in [0.4, 0.5) is 5.82 Å². The van der Waals surface area contributed by atoms with Gasteiger partial charge in [-0.05, 0) is 29.8 Å². The number of pyridine rings is 2. The maximum atomic E-state index is 12.4. The predicted octanol–water partition coefficient (Wildman–Crippen LogP) is 4.10. The molecule has 0 bridgehead atoms. The van der Waals surface area contributed by atoms with E-state index in [9.17, 15) is 15.3 Å². The van der Waals surface area contributed by atoms with Crippen molar-refractivity contribution >= 4 is 35.0 Å². The minimum Gasteiger partial charge on any atom is -0.383 e. The second kappa shape index (κ2) is 8.53. The molecule has 0 aliphatic rings. The molecular weight excluding hydrogens is 394 g/mol. The first-order valence-electron chi connectivity index (χ1n) is 8.00. The number of aromatic nitrogens is 2. The van der Waals surface area contributed by atoms with Crippen molar-refractivity contribution in [2.75, 3.05) is 11.5 Å². The Kier molecular flexibility index (Phi) is 5.90. The Morgan fingerprint density at radius 1 is 1.07 bits per heavy atom. The number of hydrogen-bond acceptors (Lipinski definition) is 7. The average Bonchev–Trinajstić information content (AvgIpc) is 2.72. The van der Waals surface area contributed by atoms with E-state index in [1.165, 1.54) is 12.4 Å². The maximum absolute atomic E-state index is 12.4. The summed E-state index contributed by atoms with van der Waals surface area (Å²) in [6, 6.07) is 14.1. The number of carbonyl (C=O) groups excluding carboxylic acids is 1. The second-order valence-corrected chi connectivity index (χ2v) is 7.01. The molecule has 6 nitrogen and oxygen atoms in total. The van der Waals surface area contributed by atoms with Crippen LogP contribution in [-0.4, -0.2) is 21.5 Å². The number of halogens is 1. The Labute approximate surface area is 170 Å². The highest BCUT2D eigenvalue weighted by Crippen LogP contribution is 2.36. The van der Waals surface area contributed by atoms with Gasteiger partial charge in [0.05, 0.1) is 11.3 Å². The molecule has 1 aromatic carbocycles. The normalized spacial score (nSPS) is 10.1. The number of nitrogen functional groups attached to an aromatic ring is 1. The van der Waals surface area contributed by atoms with Crippen LogP contribution in [0, 0.1) is 22.7 Å². The summed E-state index contributed by atoms with van der Waals surface area (Å²) in [5, 5.41) is 20.1. The summed E-state index contributed by atoms with van der Waals surface area (Å²) in [7, 11) is 0. The van der Waals surface area contributed by atoms with Gasteiger partial charge in [0.25, 0.3) is 0 Å². The highest BCUT2D eigenvalue weighted by molar-refractivity contribution is 8.00. The van der Waals surface area contributed by atoms with Gasteiger partial charge in [-0.15, -0.1) is 0 Å². The van der Waals surface area contributed by atoms with Crippen LogP contribution in [0.5, 0.6) is 0 Å². The third kappa shape index (κ3) is 3.96. The molecular formula is C20H12ClN5OS. The summed E-state index contributed by atoms with van der Waals surface area (Å²) in [4.78, 5) is 20.4. The summed E-state index contributed by atoms with van der Waals surface area (Å²) in [6.07, 6.45) is 3.07. The first kappa shape index (κ1) is 19.4. The number of carbonyl (C=O) groups is 1. The van der Waals surface area contributed by atoms with Crippen LogP contribution < -0.4 is 5.73 Å². The Morgan fingerprint density at radius 2 is 1.71 bits per heavy atom. The maximum Gasteiger partial charge on any atom is 0.173 e. The molecule has 3 aromatic rings. The fourth-order valence-electron chi connectivity index (χ4n) is 2.56. The number of thioether (sulfide) groups is 1. The summed E-state index contributed by atoms with van der Waals surface area (Å²) >= 11 is 7.04. The number of nitrogens with zero attached hydrogens (tertiary/aromatic N) is 4. The topological polar surface area (TPSA) is 116 Å². The van der Waals surface area contributed by atoms with Crippen LogP contribution >= 0.6 is 23.4 Å². The van der Waals surface area contributed by atoms with Crippen LogP contribution in [0.3, 0.4) is 0 Å². The number of hydrogen-bond donors (Lipinski definition) is 1. The van der Waals surface area contributed by atoms with E-state index in [1.807, 2.05) is 6.07 Å². The van der Waals surface area contributed by atoms with Crippen LogP contribution in [-0.2, 0) is 0 Å². The highest BCUT2D eigenvalue weighted by atomic mass is 35.5. The molecule has 0 saturated carbocycles. The monoisotopic (exact) mass is 405 g/mol. The summed E-state index contributed by atoms with van der Waals surface area (Å²) in [6.45, 7) is 0. The number of nitriles is 2. The lowest BCUT2D eigenvalue weighted by atomic mass is 9.97. The largest absolute Gasteiger partial charge is 0.383 e. The molecule has 8 heteroatoms. The van der Waals surface area contributed by atoms with Crippen LogP contribution in [0.2, 0.25) is 5.02 Å². The van der Waals surface area contributed by atoms with Crippen molar-refractivity contribution in [1.29, 1.82) is 10.5 Å². The molecule has 0 spiro atoms. The zero-order valence-corrected chi connectivity index (χ0v) is 16.0. The minimum absolute atomic E-state index is 0.00492. The average molecular weight is 406 g/mol. The first-order valence-corrected chi connectivity index (χ1v) is 9.37. The zero-order valence-electron chi connectivity index (χ0n) is 14.4. The SMILES string of the molecule is N#Cc1c(N)nc(SCC(=O)c2ccncc2)c(C#N)c1-c1ccc(Cl)cc1. The lowest BCUT2D eigenvalue weighted by molar-refractivity contribution is 0.102. The second-order valence-electron chi connectivity index (χ2n) is 5.61. The van der Waals surface area contributed by atoms with Gasteiger partial charge in [0.2, 0.25) is 0 Å². The van der Waals surface area contributed by atoms with Gasteiger partial charge in [-0.2, -0.15) is 10.5 Å². The molecule has 2 N–H and O–H groups in total. The fraction of sp³-hybridized carbons (Fsp3) is 0.0500. The first-order chi connectivity index (χ1) is 13.5. The molecule has 0 unspecified atom stereocenters. The quantitative estimate of drug-likeness (QED) is 0.501. The van der Waals surface area contributed by atoms with E-state index in [2.05, 4.69) is 16.0 Å². The Bertz CT molecular complexity index is 1120. The van der Waals surface area contributed by atoms with E-state index >= 15 is 0 Å². The van der Waals surface area contributed by atoms with Crippen molar-refractivity contribution in [3.63, 3.8) is 0 Å². The van der Waals surface area contributed by atoms with Gasteiger partial charge in [0, 0.05) is 28.5 Å². The van der Waals surface area contributed by atoms with Gasteiger partial charge < -0.3 is 5.73 Å². The smallest absolute Gasteiger partial charge is 0.173 e. The fourth-order valence-corrected chi connectivity index (χ4v) is 3.58. The Hall–Kier alpha value is -3.39. The summed E-state index contributed by atoms with van der Waals surface area (Å²) < 4.78 is 0. The van der Waals surface area contributed by atoms with E-state index in [4.69, 9.17) is 17.3 Å². The Morgan fingerprint density at radius 3 is 2.32 bits per heavy atom. The van der Waals surface area contributed by atoms with E-state index in [0.717, 1.165) is 11.8 Å². The standard InChI is InChI=1S/C20H12ClN5OS/c21-14-3-1-13(2-4-14)18-15(9-22)19(24)26-20(16(18)10-23)28-11-17(27)12-5-7-25-8-6-12/h1-8H,11H2,(H2,24,26). The van der Waals surface area contributed by atoms with Crippen LogP contribution in [0.25, 0.3) is 11.1 Å². The molecule has 0 aliphatic heterocycles. The molecule has 0 atom stereocenters. The van der Waals surface area contributed by atoms with Gasteiger partial charge >= 0.3 is 0 Å². The van der Waals surface area contributed by atoms with Gasteiger partial charge in [-0.3, -0.25) is 9.78 Å². The van der Waals surface area contributed by atoms with Gasteiger partial charge in [-0.1, -0.05) is 35.5 Å². The number of benzene rings is 1. The third-order valence-corrected chi connectivity index (χ3v) is 5.12. The molecule has 0 radical (unpaired) electrons. The number of Topliss-reactive ketones (excluding diaryl/α,β-unsaturated/α-hetero) is 1. The van der Waals surface area contributed by atoms with E-state index in [0.29, 0.717) is 26.7 Å². The number of nitrogens with two attached hydrogens (primary N) is 1. The molecule has 0 aliphatic carbocycles. The van der Waals surface area contributed by atoms with Gasteiger partial charge in [-0.25, -0.2) is 4.98 Å². The molecule has 0 amide bonds. The summed E-state index contributed by atoms with van der Waals surface area (Å²) in [5.74, 6) is -0.0590. The molecule has 28 heavy (non-hydrogen) atoms. The molecule has 2 aromatic heterocycles. The number of rotatable bonds is 5. The van der Waals surface area contributed by atoms with Crippen LogP contribution in [0.1, 0.15) is 21.5 Å². The number of anilines is 1.